The van der Waals surface area contributed by atoms with Gasteiger partial charge in [-0.05, 0) is 29.8 Å². The zero-order valence-corrected chi connectivity index (χ0v) is 11.8. The van der Waals surface area contributed by atoms with E-state index < -0.39 is 11.7 Å². The Hall–Kier alpha value is -2.09. The van der Waals surface area contributed by atoms with Gasteiger partial charge in [0.25, 0.3) is 0 Å². The minimum atomic E-state index is -4.45. The van der Waals surface area contributed by atoms with Crippen LogP contribution in [0.25, 0.3) is 0 Å². The van der Waals surface area contributed by atoms with Crippen molar-refractivity contribution in [3.05, 3.63) is 35.1 Å². The molecule has 2 aromatic rings. The van der Waals surface area contributed by atoms with E-state index in [-0.39, 0.29) is 23.0 Å². The lowest BCUT2D eigenvalue weighted by atomic mass is 10.2. The Kier molecular flexibility index (Phi) is 4.17. The van der Waals surface area contributed by atoms with E-state index in [1.165, 1.54) is 12.1 Å². The first-order valence-corrected chi connectivity index (χ1v) is 6.07. The van der Waals surface area contributed by atoms with Gasteiger partial charge >= 0.3 is 12.2 Å². The molecule has 0 spiro atoms. The molecule has 0 aliphatic carbocycles. The van der Waals surface area contributed by atoms with Gasteiger partial charge in [0.2, 0.25) is 11.2 Å². The quantitative estimate of drug-likeness (QED) is 0.868. The Morgan fingerprint density at radius 1 is 1.14 bits per heavy atom. The second kappa shape index (κ2) is 5.72. The fraction of sp³-hybridized carbons (Fsp3) is 0.250. The number of nitrogens with zero attached hydrogens (tertiary/aromatic N) is 4. The molecule has 0 N–H and O–H groups in total. The maximum Gasteiger partial charge on any atom is 0.416 e. The van der Waals surface area contributed by atoms with Gasteiger partial charge in [-0.1, -0.05) is 6.07 Å². The molecule has 1 heterocycles. The monoisotopic (exact) mass is 318 g/mol. The summed E-state index contributed by atoms with van der Waals surface area (Å²) in [6.07, 6.45) is -4.45. The van der Waals surface area contributed by atoms with Crippen LogP contribution in [0.5, 0.6) is 11.8 Å². The third-order valence-corrected chi connectivity index (χ3v) is 2.52. The van der Waals surface area contributed by atoms with Crippen molar-refractivity contribution in [2.24, 2.45) is 0 Å². The van der Waals surface area contributed by atoms with Crippen LogP contribution in [0.15, 0.2) is 24.3 Å². The third-order valence-electron chi connectivity index (χ3n) is 2.35. The molecule has 0 aliphatic rings. The molecule has 0 bridgehead atoms. The molecule has 0 saturated carbocycles. The number of halogens is 4. The SMILES string of the molecule is CN(C)c1nc(Cl)nc(Oc2cccc(C(F)(F)F)c2)n1. The Morgan fingerprint density at radius 2 is 1.86 bits per heavy atom. The maximum absolute atomic E-state index is 12.6. The summed E-state index contributed by atoms with van der Waals surface area (Å²) in [4.78, 5) is 13.1. The van der Waals surface area contributed by atoms with Crippen molar-refractivity contribution >= 4 is 17.5 Å². The van der Waals surface area contributed by atoms with Crippen molar-refractivity contribution in [1.82, 2.24) is 15.0 Å². The highest BCUT2D eigenvalue weighted by molar-refractivity contribution is 6.28. The lowest BCUT2D eigenvalue weighted by Gasteiger charge is -2.12. The Balaban J connectivity index is 2.30. The molecule has 5 nitrogen and oxygen atoms in total. The molecule has 0 aliphatic heterocycles. The zero-order chi connectivity index (χ0) is 15.6. The predicted molar refractivity (Wildman–Crippen MR) is 70.7 cm³/mol. The molecule has 0 atom stereocenters. The summed E-state index contributed by atoms with van der Waals surface area (Å²) in [5.41, 5.74) is -0.826. The molecule has 21 heavy (non-hydrogen) atoms. The van der Waals surface area contributed by atoms with Gasteiger partial charge in [-0.3, -0.25) is 0 Å². The second-order valence-corrected chi connectivity index (χ2v) is 4.55. The van der Waals surface area contributed by atoms with Crippen molar-refractivity contribution in [3.8, 4) is 11.8 Å². The summed E-state index contributed by atoms with van der Waals surface area (Å²) in [6.45, 7) is 0. The van der Waals surface area contributed by atoms with Crippen LogP contribution >= 0.6 is 11.6 Å². The van der Waals surface area contributed by atoms with E-state index in [0.717, 1.165) is 12.1 Å². The van der Waals surface area contributed by atoms with Crippen molar-refractivity contribution in [2.45, 2.75) is 6.18 Å². The summed E-state index contributed by atoms with van der Waals surface area (Å²) in [7, 11) is 3.36. The Bertz CT molecular complexity index is 649. The molecule has 1 aromatic carbocycles. The number of hydrogen-bond donors (Lipinski definition) is 0. The van der Waals surface area contributed by atoms with Crippen LogP contribution in [-0.4, -0.2) is 29.0 Å². The smallest absolute Gasteiger partial charge is 0.416 e. The minimum Gasteiger partial charge on any atom is -0.424 e. The number of hydrogen-bond acceptors (Lipinski definition) is 5. The molecule has 0 unspecified atom stereocenters. The van der Waals surface area contributed by atoms with Gasteiger partial charge < -0.3 is 9.64 Å². The van der Waals surface area contributed by atoms with Gasteiger partial charge in [-0.25, -0.2) is 0 Å². The van der Waals surface area contributed by atoms with Gasteiger partial charge in [0.05, 0.1) is 5.56 Å². The van der Waals surface area contributed by atoms with E-state index in [2.05, 4.69) is 15.0 Å². The van der Waals surface area contributed by atoms with Crippen molar-refractivity contribution in [1.29, 1.82) is 0 Å². The fourth-order valence-corrected chi connectivity index (χ4v) is 1.56. The first-order chi connectivity index (χ1) is 9.75. The lowest BCUT2D eigenvalue weighted by Crippen LogP contribution is -2.13. The second-order valence-electron chi connectivity index (χ2n) is 4.21. The molecular weight excluding hydrogens is 309 g/mol. The normalized spacial score (nSPS) is 11.3. The summed E-state index contributed by atoms with van der Waals surface area (Å²) < 4.78 is 43.1. The Morgan fingerprint density at radius 3 is 2.48 bits per heavy atom. The number of alkyl halides is 3. The van der Waals surface area contributed by atoms with Crippen molar-refractivity contribution in [2.75, 3.05) is 19.0 Å². The molecular formula is C12H10ClF3N4O. The highest BCUT2D eigenvalue weighted by Crippen LogP contribution is 2.32. The van der Waals surface area contributed by atoms with Crippen LogP contribution in [0.2, 0.25) is 5.28 Å². The number of rotatable bonds is 3. The molecule has 0 saturated heterocycles. The van der Waals surface area contributed by atoms with E-state index in [1.54, 1.807) is 19.0 Å². The maximum atomic E-state index is 12.6. The molecule has 112 valence electrons. The standard InChI is InChI=1S/C12H10ClF3N4O/c1-20(2)10-17-9(13)18-11(19-10)21-8-5-3-4-7(6-8)12(14,15)16/h3-6H,1-2H3. The van der Waals surface area contributed by atoms with Gasteiger partial charge in [0, 0.05) is 14.1 Å². The van der Waals surface area contributed by atoms with Gasteiger partial charge in [0.15, 0.2) is 0 Å². The Labute approximate surface area is 123 Å². The number of ether oxygens (including phenoxy) is 1. The van der Waals surface area contributed by atoms with Gasteiger partial charge in [0.1, 0.15) is 5.75 Å². The lowest BCUT2D eigenvalue weighted by molar-refractivity contribution is -0.137. The molecule has 0 amide bonds. The predicted octanol–water partition coefficient (Wildman–Crippen LogP) is 3.40. The van der Waals surface area contributed by atoms with Crippen LogP contribution < -0.4 is 9.64 Å². The highest BCUT2D eigenvalue weighted by Gasteiger charge is 2.30. The largest absolute Gasteiger partial charge is 0.424 e. The average molecular weight is 319 g/mol. The van der Waals surface area contributed by atoms with Crippen LogP contribution in [0.1, 0.15) is 5.56 Å². The van der Waals surface area contributed by atoms with E-state index >= 15 is 0 Å². The van der Waals surface area contributed by atoms with Crippen LogP contribution in [0, 0.1) is 0 Å². The molecule has 2 rings (SSSR count). The average Bonchev–Trinajstić information content (AvgIpc) is 2.37. The number of benzene rings is 1. The van der Waals surface area contributed by atoms with Crippen molar-refractivity contribution in [3.63, 3.8) is 0 Å². The van der Waals surface area contributed by atoms with Crippen LogP contribution in [0.3, 0.4) is 0 Å². The van der Waals surface area contributed by atoms with Crippen LogP contribution in [0.4, 0.5) is 19.1 Å². The topological polar surface area (TPSA) is 51.1 Å². The van der Waals surface area contributed by atoms with Gasteiger partial charge in [-0.2, -0.15) is 28.1 Å². The van der Waals surface area contributed by atoms with Gasteiger partial charge in [-0.15, -0.1) is 0 Å². The first kappa shape index (κ1) is 15.3. The van der Waals surface area contributed by atoms with Crippen LogP contribution in [-0.2, 0) is 6.18 Å². The fourth-order valence-electron chi connectivity index (χ4n) is 1.41. The minimum absolute atomic E-state index is 0.0446. The highest BCUT2D eigenvalue weighted by atomic mass is 35.5. The summed E-state index contributed by atoms with van der Waals surface area (Å²) in [5.74, 6) is 0.189. The van der Waals surface area contributed by atoms with E-state index in [0.29, 0.717) is 0 Å². The molecule has 0 radical (unpaired) electrons. The molecule has 9 heteroatoms. The summed E-state index contributed by atoms with van der Waals surface area (Å²) in [6, 6.07) is 4.21. The third kappa shape index (κ3) is 3.94. The van der Waals surface area contributed by atoms with E-state index in [4.69, 9.17) is 16.3 Å². The molecule has 1 aromatic heterocycles. The number of anilines is 1. The zero-order valence-electron chi connectivity index (χ0n) is 11.0. The first-order valence-electron chi connectivity index (χ1n) is 5.70. The van der Waals surface area contributed by atoms with E-state index in [9.17, 15) is 13.2 Å². The summed E-state index contributed by atoms with van der Waals surface area (Å²) in [5, 5.41) is -0.115. The summed E-state index contributed by atoms with van der Waals surface area (Å²) >= 11 is 5.72. The molecule has 0 fully saturated rings. The number of aromatic nitrogens is 3. The van der Waals surface area contributed by atoms with Crippen molar-refractivity contribution < 1.29 is 17.9 Å². The van der Waals surface area contributed by atoms with E-state index in [1.807, 2.05) is 0 Å².